The number of nitrogens with zero attached hydrogens (tertiary/aromatic N) is 2. The van der Waals surface area contributed by atoms with Crippen molar-refractivity contribution in [2.75, 3.05) is 0 Å². The van der Waals surface area contributed by atoms with Gasteiger partial charge in [-0.25, -0.2) is 0 Å². The summed E-state index contributed by atoms with van der Waals surface area (Å²) < 4.78 is 0. The first-order chi connectivity index (χ1) is 8.61. The molecule has 2 heterocycles. The van der Waals surface area contributed by atoms with Crippen molar-refractivity contribution < 1.29 is 41.5 Å². The van der Waals surface area contributed by atoms with E-state index in [1.165, 1.54) is 24.5 Å². The first kappa shape index (κ1) is 17.0. The number of carboxylic acids is 2. The molecule has 0 saturated heterocycles. The van der Waals surface area contributed by atoms with Crippen molar-refractivity contribution in [1.82, 2.24) is 9.97 Å². The number of carbonyl (C=O) groups is 2. The molecule has 0 spiro atoms. The Bertz CT molecular complexity index is 470. The SMILES string of the molecule is O=C([O-])c1ccccn1.O=C([O-])c1ccccn1.[Ti+2]. The standard InChI is InChI=1S/2C6H5NO2.Ti/c2*8-6(9)5-3-1-2-4-7-5;/h2*1-4H,(H,8,9);/q;;+2/p-2. The van der Waals surface area contributed by atoms with Gasteiger partial charge in [0.2, 0.25) is 0 Å². The van der Waals surface area contributed by atoms with Crippen LogP contribution >= 0.6 is 0 Å². The average Bonchev–Trinajstić information content (AvgIpc) is 2.41. The second kappa shape index (κ2) is 8.96. The Labute approximate surface area is 124 Å². The van der Waals surface area contributed by atoms with Gasteiger partial charge in [-0.3, -0.25) is 9.97 Å². The van der Waals surface area contributed by atoms with Crippen molar-refractivity contribution >= 4 is 11.9 Å². The first-order valence-corrected chi connectivity index (χ1v) is 4.86. The maximum atomic E-state index is 10.0. The summed E-state index contributed by atoms with van der Waals surface area (Å²) >= 11 is 0. The van der Waals surface area contributed by atoms with Gasteiger partial charge in [0.1, 0.15) is 0 Å². The van der Waals surface area contributed by atoms with Gasteiger partial charge in [0, 0.05) is 12.4 Å². The number of pyridine rings is 2. The number of hydrogen-bond donors (Lipinski definition) is 0. The van der Waals surface area contributed by atoms with Crippen molar-refractivity contribution in [3.63, 3.8) is 0 Å². The summed E-state index contributed by atoms with van der Waals surface area (Å²) in [5, 5.41) is 20.1. The molecule has 0 N–H and O–H groups in total. The van der Waals surface area contributed by atoms with Gasteiger partial charge >= 0.3 is 21.7 Å². The molecule has 0 unspecified atom stereocenters. The van der Waals surface area contributed by atoms with Crippen molar-refractivity contribution in [2.24, 2.45) is 0 Å². The number of carbonyl (C=O) groups excluding carboxylic acids is 2. The average molecular weight is 292 g/mol. The number of aromatic carboxylic acids is 2. The third-order valence-corrected chi connectivity index (χ3v) is 1.75. The van der Waals surface area contributed by atoms with Gasteiger partial charge < -0.3 is 19.8 Å². The Kier molecular flexibility index (Phi) is 8.00. The Morgan fingerprint density at radius 1 is 0.789 bits per heavy atom. The molecule has 0 aliphatic carbocycles. The van der Waals surface area contributed by atoms with Gasteiger partial charge in [-0.2, -0.15) is 0 Å². The van der Waals surface area contributed by atoms with E-state index in [9.17, 15) is 19.8 Å². The zero-order chi connectivity index (χ0) is 13.4. The van der Waals surface area contributed by atoms with Crippen molar-refractivity contribution in [2.45, 2.75) is 0 Å². The predicted octanol–water partition coefficient (Wildman–Crippen LogP) is -1.11. The van der Waals surface area contributed by atoms with E-state index in [0.29, 0.717) is 0 Å². The predicted molar refractivity (Wildman–Crippen MR) is 57.1 cm³/mol. The number of rotatable bonds is 2. The van der Waals surface area contributed by atoms with E-state index in [-0.39, 0.29) is 33.1 Å². The van der Waals surface area contributed by atoms with Gasteiger partial charge in [0.05, 0.1) is 23.3 Å². The zero-order valence-corrected chi connectivity index (χ0v) is 11.2. The van der Waals surface area contributed by atoms with Gasteiger partial charge in [-0.1, -0.05) is 12.1 Å². The Balaban J connectivity index is 0.000000324. The number of hydrogen-bond acceptors (Lipinski definition) is 6. The molecule has 2 rings (SSSR count). The molecule has 0 fully saturated rings. The van der Waals surface area contributed by atoms with Gasteiger partial charge in [0.25, 0.3) is 0 Å². The molecule has 0 saturated carbocycles. The third kappa shape index (κ3) is 6.45. The van der Waals surface area contributed by atoms with E-state index >= 15 is 0 Å². The fourth-order valence-corrected chi connectivity index (χ4v) is 0.967. The minimum atomic E-state index is -1.24. The van der Waals surface area contributed by atoms with Crippen LogP contribution in [0.3, 0.4) is 0 Å². The van der Waals surface area contributed by atoms with Gasteiger partial charge in [-0.05, 0) is 24.3 Å². The molecule has 0 aliphatic heterocycles. The van der Waals surface area contributed by atoms with Crippen LogP contribution in [0.2, 0.25) is 0 Å². The second-order valence-electron chi connectivity index (χ2n) is 3.00. The van der Waals surface area contributed by atoms with Crippen LogP contribution < -0.4 is 10.2 Å². The van der Waals surface area contributed by atoms with E-state index in [1.54, 1.807) is 24.3 Å². The van der Waals surface area contributed by atoms with Crippen LogP contribution in [0.25, 0.3) is 0 Å². The molecule has 0 atom stereocenters. The molecular weight excluding hydrogens is 284 g/mol. The van der Waals surface area contributed by atoms with E-state index in [4.69, 9.17) is 0 Å². The fraction of sp³-hybridized carbons (Fsp3) is 0. The van der Waals surface area contributed by atoms with Crippen LogP contribution in [0, 0.1) is 0 Å². The number of aromatic nitrogens is 2. The van der Waals surface area contributed by atoms with Crippen LogP contribution in [-0.2, 0) is 21.7 Å². The normalized spacial score (nSPS) is 8.42. The summed E-state index contributed by atoms with van der Waals surface area (Å²) in [5.74, 6) is -2.48. The van der Waals surface area contributed by atoms with Crippen LogP contribution in [-0.4, -0.2) is 21.9 Å². The van der Waals surface area contributed by atoms with Crippen molar-refractivity contribution in [1.29, 1.82) is 0 Å². The molecule has 0 amide bonds. The molecule has 0 radical (unpaired) electrons. The van der Waals surface area contributed by atoms with Crippen LogP contribution in [0.1, 0.15) is 21.0 Å². The fourth-order valence-electron chi connectivity index (χ4n) is 0.967. The van der Waals surface area contributed by atoms with Crippen LogP contribution in [0.15, 0.2) is 48.8 Å². The van der Waals surface area contributed by atoms with Gasteiger partial charge in [0.15, 0.2) is 0 Å². The Hall–Kier alpha value is -2.05. The van der Waals surface area contributed by atoms with Crippen LogP contribution in [0.5, 0.6) is 0 Å². The third-order valence-electron chi connectivity index (χ3n) is 1.75. The number of carboxylic acid groups (broad SMARTS) is 2. The monoisotopic (exact) mass is 292 g/mol. The zero-order valence-electron chi connectivity index (χ0n) is 9.65. The summed E-state index contributed by atoms with van der Waals surface area (Å²) in [7, 11) is 0. The molecule has 6 nitrogen and oxygen atoms in total. The second-order valence-corrected chi connectivity index (χ2v) is 3.00. The molecular formula is C12H8N2O4Ti. The molecule has 2 aromatic rings. The summed E-state index contributed by atoms with van der Waals surface area (Å²) in [6, 6.07) is 9.25. The first-order valence-electron chi connectivity index (χ1n) is 4.86. The van der Waals surface area contributed by atoms with E-state index in [2.05, 4.69) is 9.97 Å². The molecule has 0 aromatic carbocycles. The van der Waals surface area contributed by atoms with Crippen molar-refractivity contribution in [3.8, 4) is 0 Å². The Morgan fingerprint density at radius 3 is 1.32 bits per heavy atom. The molecule has 94 valence electrons. The summed E-state index contributed by atoms with van der Waals surface area (Å²) in [5.41, 5.74) is -0.0602. The van der Waals surface area contributed by atoms with E-state index in [1.807, 2.05) is 0 Å². The molecule has 2 aromatic heterocycles. The topological polar surface area (TPSA) is 106 Å². The quantitative estimate of drug-likeness (QED) is 0.650. The summed E-state index contributed by atoms with van der Waals surface area (Å²) in [6.07, 6.45) is 2.82. The van der Waals surface area contributed by atoms with Crippen molar-refractivity contribution in [3.05, 3.63) is 60.2 Å². The molecule has 0 bridgehead atoms. The molecule has 0 aliphatic rings. The maximum Gasteiger partial charge on any atom is 2.00 e. The Morgan fingerprint density at radius 2 is 1.16 bits per heavy atom. The minimum absolute atomic E-state index is 0. The van der Waals surface area contributed by atoms with E-state index < -0.39 is 11.9 Å². The molecule has 7 heteroatoms. The molecule has 19 heavy (non-hydrogen) atoms. The summed E-state index contributed by atoms with van der Waals surface area (Å²) in [4.78, 5) is 27.1. The smallest absolute Gasteiger partial charge is 0.543 e. The minimum Gasteiger partial charge on any atom is -0.543 e. The van der Waals surface area contributed by atoms with Gasteiger partial charge in [-0.15, -0.1) is 0 Å². The summed E-state index contributed by atoms with van der Waals surface area (Å²) in [6.45, 7) is 0. The largest absolute Gasteiger partial charge is 2.00 e. The van der Waals surface area contributed by atoms with Crippen LogP contribution in [0.4, 0.5) is 0 Å². The maximum absolute atomic E-state index is 10.0. The van der Waals surface area contributed by atoms with E-state index in [0.717, 1.165) is 0 Å².